The summed E-state index contributed by atoms with van der Waals surface area (Å²) >= 11 is 1.39. The van der Waals surface area contributed by atoms with Crippen LogP contribution in [-0.4, -0.2) is 61.0 Å². The number of nitrogens with one attached hydrogen (secondary N) is 1. The highest BCUT2D eigenvalue weighted by Crippen LogP contribution is 2.35. The van der Waals surface area contributed by atoms with Gasteiger partial charge >= 0.3 is 0 Å². The zero-order chi connectivity index (χ0) is 21.8. The zero-order valence-corrected chi connectivity index (χ0v) is 18.4. The van der Waals surface area contributed by atoms with Gasteiger partial charge in [-0.3, -0.25) is 20.0 Å². The number of nitrogens with zero attached hydrogens (tertiary/aromatic N) is 3. The first-order valence-electron chi connectivity index (χ1n) is 10.7. The second-order valence-electron chi connectivity index (χ2n) is 7.64. The summed E-state index contributed by atoms with van der Waals surface area (Å²) in [6.45, 7) is 4.93. The van der Waals surface area contributed by atoms with Gasteiger partial charge in [-0.25, -0.2) is 4.98 Å². The lowest BCUT2D eigenvalue weighted by Gasteiger charge is -2.26. The van der Waals surface area contributed by atoms with E-state index in [2.05, 4.69) is 15.2 Å². The molecule has 3 aromatic rings. The Kier molecular flexibility index (Phi) is 6.24. The molecule has 0 bridgehead atoms. The van der Waals surface area contributed by atoms with Crippen molar-refractivity contribution in [2.24, 2.45) is 4.99 Å². The number of carbonyl (C=O) groups excluding carboxylic acids is 1. The fraction of sp³-hybridized carbons (Fsp3) is 0.292. The molecule has 0 spiro atoms. The molecule has 0 radical (unpaired) electrons. The van der Waals surface area contributed by atoms with Crippen LogP contribution in [-0.2, 0) is 11.2 Å². The first-order chi connectivity index (χ1) is 15.8. The molecule has 1 N–H and O–H groups in total. The highest BCUT2D eigenvalue weighted by molar-refractivity contribution is 7.13. The van der Waals surface area contributed by atoms with E-state index in [0.717, 1.165) is 61.1 Å². The number of fused-ring (bicyclic) bond motifs is 1. The van der Waals surface area contributed by atoms with E-state index in [1.54, 1.807) is 12.3 Å². The maximum absolute atomic E-state index is 12.8. The first-order valence-corrected chi connectivity index (χ1v) is 11.6. The van der Waals surface area contributed by atoms with Gasteiger partial charge in [-0.15, -0.1) is 11.3 Å². The van der Waals surface area contributed by atoms with Crippen LogP contribution in [0.25, 0.3) is 0 Å². The molecule has 0 saturated carbocycles. The van der Waals surface area contributed by atoms with Gasteiger partial charge in [0.15, 0.2) is 5.13 Å². The van der Waals surface area contributed by atoms with Crippen molar-refractivity contribution < 1.29 is 14.3 Å². The normalized spacial score (nSPS) is 15.8. The van der Waals surface area contributed by atoms with Crippen LogP contribution in [0.2, 0.25) is 0 Å². The lowest BCUT2D eigenvalue weighted by atomic mass is 10.0. The Hall–Kier alpha value is -3.07. The summed E-state index contributed by atoms with van der Waals surface area (Å²) < 4.78 is 11.6. The molecule has 0 atom stereocenters. The molecule has 2 aliphatic heterocycles. The Morgan fingerprint density at radius 1 is 1.16 bits per heavy atom. The Bertz CT molecular complexity index is 1120. The minimum Gasteiger partial charge on any atom is -0.492 e. The molecular formula is C24H24N4O3S. The number of hydrogen-bond acceptors (Lipinski definition) is 7. The van der Waals surface area contributed by atoms with E-state index in [0.29, 0.717) is 23.7 Å². The van der Waals surface area contributed by atoms with E-state index in [4.69, 9.17) is 14.5 Å². The number of benzene rings is 2. The van der Waals surface area contributed by atoms with E-state index in [1.807, 2.05) is 41.8 Å². The number of ether oxygens (including phenoxy) is 2. The number of anilines is 1. The highest BCUT2D eigenvalue weighted by Gasteiger charge is 2.24. The minimum absolute atomic E-state index is 0.197. The summed E-state index contributed by atoms with van der Waals surface area (Å²) in [5.74, 6) is 0.623. The minimum atomic E-state index is -0.197. The third-order valence-electron chi connectivity index (χ3n) is 5.59. The lowest BCUT2D eigenvalue weighted by Crippen LogP contribution is -2.38. The van der Waals surface area contributed by atoms with Gasteiger partial charge in [0.2, 0.25) is 0 Å². The van der Waals surface area contributed by atoms with Gasteiger partial charge in [-0.2, -0.15) is 0 Å². The molecule has 3 heterocycles. The maximum atomic E-state index is 12.8. The highest BCUT2D eigenvalue weighted by atomic mass is 32.1. The van der Waals surface area contributed by atoms with Crippen molar-refractivity contribution in [3.8, 4) is 5.75 Å². The third-order valence-corrected chi connectivity index (χ3v) is 6.28. The smallest absolute Gasteiger partial charge is 0.259 e. The van der Waals surface area contributed by atoms with E-state index in [1.165, 1.54) is 11.3 Å². The Labute approximate surface area is 190 Å². The van der Waals surface area contributed by atoms with Crippen LogP contribution in [0.3, 0.4) is 0 Å². The van der Waals surface area contributed by atoms with Crippen LogP contribution in [0.5, 0.6) is 5.75 Å². The fourth-order valence-corrected chi connectivity index (χ4v) is 4.47. The summed E-state index contributed by atoms with van der Waals surface area (Å²) in [6.07, 6.45) is 2.33. The Morgan fingerprint density at radius 2 is 2.03 bits per heavy atom. The molecule has 5 rings (SSSR count). The third kappa shape index (κ3) is 4.57. The first kappa shape index (κ1) is 20.8. The predicted molar refractivity (Wildman–Crippen MR) is 126 cm³/mol. The predicted octanol–water partition coefficient (Wildman–Crippen LogP) is 3.78. The van der Waals surface area contributed by atoms with Gasteiger partial charge in [0.25, 0.3) is 5.91 Å². The zero-order valence-electron chi connectivity index (χ0n) is 17.6. The summed E-state index contributed by atoms with van der Waals surface area (Å²) in [4.78, 5) is 24.2. The number of hydrogen-bond donors (Lipinski definition) is 1. The summed E-state index contributed by atoms with van der Waals surface area (Å²) in [5, 5.41) is 5.26. The van der Waals surface area contributed by atoms with E-state index >= 15 is 0 Å². The summed E-state index contributed by atoms with van der Waals surface area (Å²) in [5.41, 5.74) is 4.20. The standard InChI is InChI=1S/C24H24N4O3S/c29-23(27-24-25-8-15-32-24)19-6-3-4-17-16-20(26-22(17)19)18-5-1-2-7-21(18)31-14-11-28-9-12-30-13-10-28/h1-8,15H,9-14,16H2,(H,25,27,29). The van der Waals surface area contributed by atoms with Crippen LogP contribution in [0.1, 0.15) is 21.5 Å². The van der Waals surface area contributed by atoms with Crippen molar-refractivity contribution in [1.82, 2.24) is 9.88 Å². The van der Waals surface area contributed by atoms with Gasteiger partial charge < -0.3 is 9.47 Å². The number of aromatic nitrogens is 1. The number of amides is 1. The van der Waals surface area contributed by atoms with E-state index in [9.17, 15) is 4.79 Å². The van der Waals surface area contributed by atoms with E-state index in [-0.39, 0.29) is 5.91 Å². The second-order valence-corrected chi connectivity index (χ2v) is 8.53. The molecule has 8 heteroatoms. The van der Waals surface area contributed by atoms with Crippen LogP contribution < -0.4 is 10.1 Å². The molecule has 0 unspecified atom stereocenters. The molecule has 2 aromatic carbocycles. The molecule has 164 valence electrons. The quantitative estimate of drug-likeness (QED) is 0.595. The summed E-state index contributed by atoms with van der Waals surface area (Å²) in [7, 11) is 0. The average Bonchev–Trinajstić information content (AvgIpc) is 3.49. The SMILES string of the molecule is O=C(Nc1nccs1)c1cccc2c1N=C(c1ccccc1OCCN1CCOCC1)C2. The van der Waals surface area contributed by atoms with Crippen molar-refractivity contribution in [2.45, 2.75) is 6.42 Å². The molecule has 1 aromatic heterocycles. The number of para-hydroxylation sites is 2. The van der Waals surface area contributed by atoms with Gasteiger partial charge in [0, 0.05) is 43.2 Å². The molecule has 32 heavy (non-hydrogen) atoms. The van der Waals surface area contributed by atoms with Crippen molar-refractivity contribution in [1.29, 1.82) is 0 Å². The fourth-order valence-electron chi connectivity index (χ4n) is 3.95. The second kappa shape index (κ2) is 9.60. The summed E-state index contributed by atoms with van der Waals surface area (Å²) in [6, 6.07) is 13.7. The number of carbonyl (C=O) groups is 1. The van der Waals surface area contributed by atoms with Crippen molar-refractivity contribution in [2.75, 3.05) is 44.8 Å². The van der Waals surface area contributed by atoms with Crippen LogP contribution in [0.4, 0.5) is 10.8 Å². The number of rotatable bonds is 7. The molecule has 1 fully saturated rings. The monoisotopic (exact) mass is 448 g/mol. The van der Waals surface area contributed by atoms with Crippen molar-refractivity contribution in [3.05, 3.63) is 70.7 Å². The van der Waals surface area contributed by atoms with Crippen molar-refractivity contribution >= 4 is 33.8 Å². The average molecular weight is 449 g/mol. The van der Waals surface area contributed by atoms with Gasteiger partial charge in [-0.1, -0.05) is 24.3 Å². The Morgan fingerprint density at radius 3 is 2.88 bits per heavy atom. The number of thiazole rings is 1. The van der Waals surface area contributed by atoms with Gasteiger partial charge in [-0.05, 0) is 23.8 Å². The van der Waals surface area contributed by atoms with Crippen LogP contribution in [0.15, 0.2) is 59.0 Å². The molecule has 0 aliphatic carbocycles. The lowest BCUT2D eigenvalue weighted by molar-refractivity contribution is 0.0322. The molecular weight excluding hydrogens is 424 g/mol. The Balaban J connectivity index is 1.33. The molecule has 2 aliphatic rings. The molecule has 1 saturated heterocycles. The van der Waals surface area contributed by atoms with Crippen LogP contribution >= 0.6 is 11.3 Å². The topological polar surface area (TPSA) is 76.0 Å². The molecule has 7 nitrogen and oxygen atoms in total. The molecule has 1 amide bonds. The van der Waals surface area contributed by atoms with Crippen molar-refractivity contribution in [3.63, 3.8) is 0 Å². The largest absolute Gasteiger partial charge is 0.492 e. The maximum Gasteiger partial charge on any atom is 0.259 e. The van der Waals surface area contributed by atoms with Gasteiger partial charge in [0.1, 0.15) is 12.4 Å². The van der Waals surface area contributed by atoms with E-state index < -0.39 is 0 Å². The number of aliphatic imine (C=N–C) groups is 1. The van der Waals surface area contributed by atoms with Gasteiger partial charge in [0.05, 0.1) is 30.2 Å². The number of morpholine rings is 1. The van der Waals surface area contributed by atoms with Crippen LogP contribution in [0, 0.1) is 0 Å².